The third kappa shape index (κ3) is 5.46. The number of anilines is 1. The van der Waals surface area contributed by atoms with Gasteiger partial charge in [-0.15, -0.1) is 6.58 Å². The highest BCUT2D eigenvalue weighted by Crippen LogP contribution is 2.24. The number of rotatable bonds is 8. The number of carbonyl (C=O) groups is 1. The standard InChI is InChI=1S/C24H23N3O3S/c1-3-17-27(31(29,30)23-7-5-4-6-8-23)22-15-13-21(14-16-22)24(28)26-25-18-20-11-9-19(2)10-12-20/h3-16,18H,1,17H2,2H3,(H,26,28)/b25-18-. The van der Waals surface area contributed by atoms with Crippen molar-refractivity contribution >= 4 is 27.8 Å². The van der Waals surface area contributed by atoms with Gasteiger partial charge in [0, 0.05) is 5.56 Å². The molecule has 0 spiro atoms. The molecule has 3 aromatic rings. The number of nitrogens with zero attached hydrogens (tertiary/aromatic N) is 2. The monoisotopic (exact) mass is 433 g/mol. The van der Waals surface area contributed by atoms with Gasteiger partial charge in [-0.25, -0.2) is 13.8 Å². The predicted molar refractivity (Wildman–Crippen MR) is 124 cm³/mol. The third-order valence-electron chi connectivity index (χ3n) is 4.50. The van der Waals surface area contributed by atoms with Crippen molar-refractivity contribution in [2.75, 3.05) is 10.8 Å². The molecule has 31 heavy (non-hydrogen) atoms. The molecule has 0 atom stereocenters. The van der Waals surface area contributed by atoms with Crippen LogP contribution in [0.4, 0.5) is 5.69 Å². The number of sulfonamides is 1. The molecule has 0 saturated heterocycles. The lowest BCUT2D eigenvalue weighted by atomic mass is 10.2. The van der Waals surface area contributed by atoms with Crippen molar-refractivity contribution in [2.24, 2.45) is 5.10 Å². The van der Waals surface area contributed by atoms with Crippen LogP contribution in [-0.2, 0) is 10.0 Å². The summed E-state index contributed by atoms with van der Waals surface area (Å²) in [5.41, 5.74) is 5.28. The van der Waals surface area contributed by atoms with Crippen LogP contribution in [0.1, 0.15) is 21.5 Å². The maximum Gasteiger partial charge on any atom is 0.271 e. The summed E-state index contributed by atoms with van der Waals surface area (Å²) in [6.07, 6.45) is 3.07. The van der Waals surface area contributed by atoms with Crippen molar-refractivity contribution in [3.8, 4) is 0 Å². The molecule has 1 N–H and O–H groups in total. The highest BCUT2D eigenvalue weighted by Gasteiger charge is 2.23. The van der Waals surface area contributed by atoms with Crippen LogP contribution < -0.4 is 9.73 Å². The smallest absolute Gasteiger partial charge is 0.267 e. The van der Waals surface area contributed by atoms with E-state index in [0.29, 0.717) is 11.3 Å². The lowest BCUT2D eigenvalue weighted by Crippen LogP contribution is -2.31. The second-order valence-electron chi connectivity index (χ2n) is 6.79. The lowest BCUT2D eigenvalue weighted by molar-refractivity contribution is 0.0955. The van der Waals surface area contributed by atoms with Crippen molar-refractivity contribution in [3.05, 3.63) is 108 Å². The van der Waals surface area contributed by atoms with Gasteiger partial charge in [0.15, 0.2) is 0 Å². The predicted octanol–water partition coefficient (Wildman–Crippen LogP) is 4.14. The Balaban J connectivity index is 1.74. The molecule has 0 aliphatic carbocycles. The number of hydrogen-bond donors (Lipinski definition) is 1. The van der Waals surface area contributed by atoms with E-state index in [9.17, 15) is 13.2 Å². The molecular weight excluding hydrogens is 410 g/mol. The Morgan fingerprint density at radius 2 is 1.65 bits per heavy atom. The Morgan fingerprint density at radius 3 is 2.26 bits per heavy atom. The van der Waals surface area contributed by atoms with Crippen LogP contribution in [0.25, 0.3) is 0 Å². The molecule has 0 aromatic heterocycles. The second-order valence-corrected chi connectivity index (χ2v) is 8.66. The highest BCUT2D eigenvalue weighted by atomic mass is 32.2. The Labute approximate surface area is 182 Å². The molecule has 0 aliphatic rings. The first-order valence-electron chi connectivity index (χ1n) is 9.60. The van der Waals surface area contributed by atoms with Gasteiger partial charge >= 0.3 is 0 Å². The van der Waals surface area contributed by atoms with Crippen LogP contribution in [0.5, 0.6) is 0 Å². The summed E-state index contributed by atoms with van der Waals surface area (Å²) in [6.45, 7) is 5.75. The Morgan fingerprint density at radius 1 is 1.00 bits per heavy atom. The zero-order valence-electron chi connectivity index (χ0n) is 17.1. The Hall–Kier alpha value is -3.71. The van der Waals surface area contributed by atoms with Crippen LogP contribution in [0, 0.1) is 6.92 Å². The van der Waals surface area contributed by atoms with Crippen LogP contribution in [0.3, 0.4) is 0 Å². The van der Waals surface area contributed by atoms with Gasteiger partial charge in [0.25, 0.3) is 15.9 Å². The number of carbonyl (C=O) groups excluding carboxylic acids is 1. The van der Waals surface area contributed by atoms with E-state index >= 15 is 0 Å². The molecule has 0 saturated carbocycles. The van der Waals surface area contributed by atoms with E-state index in [4.69, 9.17) is 0 Å². The molecule has 0 radical (unpaired) electrons. The largest absolute Gasteiger partial charge is 0.271 e. The van der Waals surface area contributed by atoms with Crippen molar-refractivity contribution < 1.29 is 13.2 Å². The molecule has 0 unspecified atom stereocenters. The molecule has 7 heteroatoms. The van der Waals surface area contributed by atoms with Gasteiger partial charge in [-0.1, -0.05) is 54.1 Å². The molecule has 0 aliphatic heterocycles. The second kappa shape index (κ2) is 9.86. The first-order chi connectivity index (χ1) is 14.9. The fourth-order valence-electron chi connectivity index (χ4n) is 2.84. The Kier molecular flexibility index (Phi) is 6.99. The minimum absolute atomic E-state index is 0.101. The van der Waals surface area contributed by atoms with Crippen molar-refractivity contribution in [3.63, 3.8) is 0 Å². The summed E-state index contributed by atoms with van der Waals surface area (Å²) in [6, 6.07) is 22.2. The quantitative estimate of drug-likeness (QED) is 0.329. The lowest BCUT2D eigenvalue weighted by Gasteiger charge is -2.23. The minimum Gasteiger partial charge on any atom is -0.267 e. The highest BCUT2D eigenvalue weighted by molar-refractivity contribution is 7.92. The van der Waals surface area contributed by atoms with Crippen molar-refractivity contribution in [2.45, 2.75) is 11.8 Å². The maximum absolute atomic E-state index is 13.0. The van der Waals surface area contributed by atoms with Crippen LogP contribution >= 0.6 is 0 Å². The number of hydrazone groups is 1. The van der Waals surface area contributed by atoms with Gasteiger partial charge in [0.1, 0.15) is 0 Å². The minimum atomic E-state index is -3.76. The van der Waals surface area contributed by atoms with E-state index in [1.807, 2.05) is 31.2 Å². The average Bonchev–Trinajstić information content (AvgIpc) is 2.79. The number of benzene rings is 3. The number of nitrogens with one attached hydrogen (secondary N) is 1. The van der Waals surface area contributed by atoms with Crippen LogP contribution in [-0.4, -0.2) is 27.1 Å². The fourth-order valence-corrected chi connectivity index (χ4v) is 4.30. The van der Waals surface area contributed by atoms with E-state index in [0.717, 1.165) is 11.1 Å². The summed E-state index contributed by atoms with van der Waals surface area (Å²) < 4.78 is 27.3. The molecular formula is C24H23N3O3S. The van der Waals surface area contributed by atoms with E-state index in [1.165, 1.54) is 10.4 Å². The number of aryl methyl sites for hydroxylation is 1. The summed E-state index contributed by atoms with van der Waals surface area (Å²) >= 11 is 0. The van der Waals surface area contributed by atoms with Gasteiger partial charge in [0.2, 0.25) is 0 Å². The SMILES string of the molecule is C=CCN(c1ccc(C(=O)N/N=C\c2ccc(C)cc2)cc1)S(=O)(=O)c1ccccc1. The van der Waals surface area contributed by atoms with Crippen LogP contribution in [0.15, 0.2) is 102 Å². The van der Waals surface area contributed by atoms with E-state index in [-0.39, 0.29) is 11.4 Å². The zero-order valence-corrected chi connectivity index (χ0v) is 17.9. The fraction of sp³-hybridized carbons (Fsp3) is 0.0833. The number of hydrogen-bond acceptors (Lipinski definition) is 4. The normalized spacial score (nSPS) is 11.3. The maximum atomic E-state index is 13.0. The molecule has 0 bridgehead atoms. The van der Waals surface area contributed by atoms with E-state index in [1.54, 1.807) is 60.8 Å². The van der Waals surface area contributed by atoms with Gasteiger partial charge in [-0.05, 0) is 48.9 Å². The van der Waals surface area contributed by atoms with Gasteiger partial charge in [-0.3, -0.25) is 9.10 Å². The molecule has 3 rings (SSSR count). The van der Waals surface area contributed by atoms with Crippen LogP contribution in [0.2, 0.25) is 0 Å². The average molecular weight is 434 g/mol. The van der Waals surface area contributed by atoms with Crippen molar-refractivity contribution in [1.29, 1.82) is 0 Å². The number of amides is 1. The van der Waals surface area contributed by atoms with E-state index in [2.05, 4.69) is 17.1 Å². The zero-order chi connectivity index (χ0) is 22.3. The molecule has 0 fully saturated rings. The summed E-state index contributed by atoms with van der Waals surface area (Å²) in [4.78, 5) is 12.5. The Bertz CT molecular complexity index is 1170. The van der Waals surface area contributed by atoms with Gasteiger partial charge < -0.3 is 0 Å². The molecule has 3 aromatic carbocycles. The van der Waals surface area contributed by atoms with Gasteiger partial charge in [0.05, 0.1) is 23.3 Å². The third-order valence-corrected chi connectivity index (χ3v) is 6.31. The molecule has 0 heterocycles. The summed E-state index contributed by atoms with van der Waals surface area (Å²) in [5.74, 6) is -0.393. The topological polar surface area (TPSA) is 78.8 Å². The molecule has 1 amide bonds. The summed E-state index contributed by atoms with van der Waals surface area (Å²) in [5, 5.41) is 3.97. The first kappa shape index (κ1) is 22.0. The van der Waals surface area contributed by atoms with Crippen molar-refractivity contribution in [1.82, 2.24) is 5.43 Å². The first-order valence-corrected chi connectivity index (χ1v) is 11.0. The summed E-state index contributed by atoms with van der Waals surface area (Å²) in [7, 11) is -3.76. The molecule has 158 valence electrons. The van der Waals surface area contributed by atoms with Gasteiger partial charge in [-0.2, -0.15) is 5.10 Å². The van der Waals surface area contributed by atoms with E-state index < -0.39 is 15.9 Å². The molecule has 6 nitrogen and oxygen atoms in total.